The number of carbonyl (C=O) groups is 2. The molecule has 0 spiro atoms. The summed E-state index contributed by atoms with van der Waals surface area (Å²) >= 11 is 0. The van der Waals surface area contributed by atoms with E-state index in [1.54, 1.807) is 29.0 Å². The van der Waals surface area contributed by atoms with Gasteiger partial charge in [-0.2, -0.15) is 0 Å². The molecular formula is C13H18N4O2. The quantitative estimate of drug-likeness (QED) is 0.807. The monoisotopic (exact) mass is 262 g/mol. The fourth-order valence-corrected chi connectivity index (χ4v) is 2.01. The van der Waals surface area contributed by atoms with E-state index in [1.165, 1.54) is 6.20 Å². The average Bonchev–Trinajstić information content (AvgIpc) is 2.55. The van der Waals surface area contributed by atoms with Crippen LogP contribution in [0.4, 0.5) is 5.69 Å². The molecule has 0 aromatic carbocycles. The van der Waals surface area contributed by atoms with E-state index in [0.29, 0.717) is 24.5 Å². The van der Waals surface area contributed by atoms with Gasteiger partial charge in [-0.3, -0.25) is 14.6 Å². The van der Waals surface area contributed by atoms with Crippen molar-refractivity contribution >= 4 is 17.5 Å². The van der Waals surface area contributed by atoms with E-state index in [0.717, 1.165) is 6.42 Å². The minimum Gasteiger partial charge on any atom is -0.397 e. The van der Waals surface area contributed by atoms with E-state index in [4.69, 9.17) is 5.73 Å². The predicted octanol–water partition coefficient (Wildman–Crippen LogP) is -0.103. The van der Waals surface area contributed by atoms with Crippen LogP contribution in [0.2, 0.25) is 0 Å². The molecule has 0 atom stereocenters. The number of carbonyl (C=O) groups excluding carboxylic acids is 2. The second-order valence-electron chi connectivity index (χ2n) is 4.74. The molecule has 6 nitrogen and oxygen atoms in total. The van der Waals surface area contributed by atoms with Crippen LogP contribution in [0.1, 0.15) is 12.1 Å². The third-order valence-corrected chi connectivity index (χ3v) is 3.21. The van der Waals surface area contributed by atoms with E-state index in [-0.39, 0.29) is 24.8 Å². The van der Waals surface area contributed by atoms with Gasteiger partial charge in [-0.1, -0.05) is 0 Å². The van der Waals surface area contributed by atoms with E-state index >= 15 is 0 Å². The summed E-state index contributed by atoms with van der Waals surface area (Å²) in [7, 11) is 1.76. The van der Waals surface area contributed by atoms with Crippen molar-refractivity contribution in [2.75, 3.05) is 32.4 Å². The molecular weight excluding hydrogens is 244 g/mol. The molecule has 1 fully saturated rings. The zero-order valence-electron chi connectivity index (χ0n) is 11.0. The Kier molecular flexibility index (Phi) is 3.99. The second-order valence-corrected chi connectivity index (χ2v) is 4.74. The summed E-state index contributed by atoms with van der Waals surface area (Å²) in [5, 5.41) is 0. The van der Waals surface area contributed by atoms with E-state index in [2.05, 4.69) is 4.98 Å². The van der Waals surface area contributed by atoms with E-state index in [1.807, 2.05) is 0 Å². The first-order valence-electron chi connectivity index (χ1n) is 6.28. The summed E-state index contributed by atoms with van der Waals surface area (Å²) in [5.41, 5.74) is 6.79. The fourth-order valence-electron chi connectivity index (χ4n) is 2.01. The zero-order chi connectivity index (χ0) is 13.8. The highest BCUT2D eigenvalue weighted by Crippen LogP contribution is 2.07. The molecule has 0 radical (unpaired) electrons. The number of nitrogens with zero attached hydrogens (tertiary/aromatic N) is 3. The van der Waals surface area contributed by atoms with E-state index in [9.17, 15) is 9.59 Å². The van der Waals surface area contributed by atoms with Gasteiger partial charge in [0.1, 0.15) is 0 Å². The highest BCUT2D eigenvalue weighted by Gasteiger charge is 2.22. The normalized spacial score (nSPS) is 16.4. The molecule has 19 heavy (non-hydrogen) atoms. The standard InChI is InChI=1S/C13H18N4O2/c1-16-5-2-6-17(9-13(16)19)12(18)7-11-4-3-10(14)8-15-11/h3-4,8H,2,5-7,9,14H2,1H3. The van der Waals surface area contributed by atoms with Crippen LogP contribution in [0.3, 0.4) is 0 Å². The maximum absolute atomic E-state index is 12.1. The molecule has 2 heterocycles. The number of nitrogens with two attached hydrogens (primary N) is 1. The smallest absolute Gasteiger partial charge is 0.241 e. The maximum atomic E-state index is 12.1. The summed E-state index contributed by atoms with van der Waals surface area (Å²) in [6.45, 7) is 1.47. The van der Waals surface area contributed by atoms with Crippen LogP contribution in [0.15, 0.2) is 18.3 Å². The van der Waals surface area contributed by atoms with Gasteiger partial charge in [0.25, 0.3) is 0 Å². The first kappa shape index (κ1) is 13.3. The van der Waals surface area contributed by atoms with Crippen LogP contribution in [0, 0.1) is 0 Å². The lowest BCUT2D eigenvalue weighted by Crippen LogP contribution is -2.38. The number of rotatable bonds is 2. The molecule has 0 aliphatic carbocycles. The Hall–Kier alpha value is -2.11. The summed E-state index contributed by atoms with van der Waals surface area (Å²) in [4.78, 5) is 31.2. The van der Waals surface area contributed by atoms with Crippen LogP contribution in [-0.2, 0) is 16.0 Å². The molecule has 1 aliphatic heterocycles. The van der Waals surface area contributed by atoms with Gasteiger partial charge in [-0.05, 0) is 18.6 Å². The summed E-state index contributed by atoms with van der Waals surface area (Å²) < 4.78 is 0. The number of anilines is 1. The second kappa shape index (κ2) is 5.69. The number of pyridine rings is 1. The molecule has 0 unspecified atom stereocenters. The minimum absolute atomic E-state index is 0.0175. The Morgan fingerprint density at radius 3 is 2.89 bits per heavy atom. The van der Waals surface area contributed by atoms with Gasteiger partial charge in [0.2, 0.25) is 11.8 Å². The Morgan fingerprint density at radius 1 is 1.42 bits per heavy atom. The molecule has 6 heteroatoms. The molecule has 2 N–H and O–H groups in total. The number of likely N-dealkylation sites (N-methyl/N-ethyl adjacent to an activating group) is 1. The lowest BCUT2D eigenvalue weighted by molar-refractivity contribution is -0.137. The maximum Gasteiger partial charge on any atom is 0.241 e. The first-order valence-corrected chi connectivity index (χ1v) is 6.28. The zero-order valence-corrected chi connectivity index (χ0v) is 11.0. The molecule has 0 saturated carbocycles. The molecule has 1 aromatic rings. The van der Waals surface area contributed by atoms with Gasteiger partial charge in [0, 0.05) is 25.8 Å². The van der Waals surface area contributed by atoms with Crippen LogP contribution in [0.25, 0.3) is 0 Å². The van der Waals surface area contributed by atoms with Gasteiger partial charge < -0.3 is 15.5 Å². The molecule has 2 rings (SSSR count). The third kappa shape index (κ3) is 3.43. The SMILES string of the molecule is CN1CCCN(C(=O)Cc2ccc(N)cn2)CC1=O. The Morgan fingerprint density at radius 2 is 2.21 bits per heavy atom. The van der Waals surface area contributed by atoms with Crippen LogP contribution in [0.5, 0.6) is 0 Å². The third-order valence-electron chi connectivity index (χ3n) is 3.21. The largest absolute Gasteiger partial charge is 0.397 e. The Bertz CT molecular complexity index is 472. The van der Waals surface area contributed by atoms with Crippen molar-refractivity contribution in [2.24, 2.45) is 0 Å². The first-order chi connectivity index (χ1) is 9.06. The van der Waals surface area contributed by atoms with Crippen molar-refractivity contribution in [3.8, 4) is 0 Å². The van der Waals surface area contributed by atoms with Crippen molar-refractivity contribution in [1.82, 2.24) is 14.8 Å². The lowest BCUT2D eigenvalue weighted by Gasteiger charge is -2.19. The van der Waals surface area contributed by atoms with Gasteiger partial charge in [-0.25, -0.2) is 0 Å². The number of amides is 2. The summed E-state index contributed by atoms with van der Waals surface area (Å²) in [6.07, 6.45) is 2.55. The lowest BCUT2D eigenvalue weighted by atomic mass is 10.2. The van der Waals surface area contributed by atoms with Crippen molar-refractivity contribution < 1.29 is 9.59 Å². The van der Waals surface area contributed by atoms with Gasteiger partial charge >= 0.3 is 0 Å². The molecule has 102 valence electrons. The molecule has 0 bridgehead atoms. The molecule has 1 aromatic heterocycles. The van der Waals surface area contributed by atoms with Crippen LogP contribution >= 0.6 is 0 Å². The van der Waals surface area contributed by atoms with Crippen molar-refractivity contribution in [2.45, 2.75) is 12.8 Å². The van der Waals surface area contributed by atoms with Crippen LogP contribution in [-0.4, -0.2) is 53.3 Å². The summed E-state index contributed by atoms with van der Waals surface area (Å²) in [6, 6.07) is 3.45. The average molecular weight is 262 g/mol. The predicted molar refractivity (Wildman–Crippen MR) is 71.2 cm³/mol. The fraction of sp³-hybridized carbons (Fsp3) is 0.462. The summed E-state index contributed by atoms with van der Waals surface area (Å²) in [5.74, 6) is -0.0861. The number of hydrogen-bond acceptors (Lipinski definition) is 4. The topological polar surface area (TPSA) is 79.5 Å². The minimum atomic E-state index is -0.0686. The van der Waals surface area contributed by atoms with Gasteiger partial charge in [0.15, 0.2) is 0 Å². The van der Waals surface area contributed by atoms with Gasteiger partial charge in [-0.15, -0.1) is 0 Å². The van der Waals surface area contributed by atoms with Crippen molar-refractivity contribution in [3.63, 3.8) is 0 Å². The Balaban J connectivity index is 1.99. The molecule has 2 amide bonds. The number of nitrogen functional groups attached to an aromatic ring is 1. The molecule has 1 aliphatic rings. The number of hydrogen-bond donors (Lipinski definition) is 1. The number of aromatic nitrogens is 1. The van der Waals surface area contributed by atoms with Gasteiger partial charge in [0.05, 0.1) is 24.8 Å². The van der Waals surface area contributed by atoms with Crippen molar-refractivity contribution in [3.05, 3.63) is 24.0 Å². The molecule has 1 saturated heterocycles. The van der Waals surface area contributed by atoms with Crippen LogP contribution < -0.4 is 5.73 Å². The Labute approximate surface area is 112 Å². The highest BCUT2D eigenvalue weighted by molar-refractivity contribution is 5.86. The highest BCUT2D eigenvalue weighted by atomic mass is 16.2. The van der Waals surface area contributed by atoms with Crippen molar-refractivity contribution in [1.29, 1.82) is 0 Å². The van der Waals surface area contributed by atoms with E-state index < -0.39 is 0 Å².